The molecule has 0 aliphatic heterocycles. The summed E-state index contributed by atoms with van der Waals surface area (Å²) in [4.78, 5) is 21.0. The number of nitrogens with zero attached hydrogens (tertiary/aromatic N) is 2. The number of carbonyl (C=O) groups is 1. The molecule has 0 radical (unpaired) electrons. The van der Waals surface area contributed by atoms with Crippen LogP contribution < -0.4 is 4.31 Å². The first-order chi connectivity index (χ1) is 11.6. The molecular formula is C16H16N2O6S. The molecule has 8 nitrogen and oxygen atoms in total. The highest BCUT2D eigenvalue weighted by Gasteiger charge is 2.27. The van der Waals surface area contributed by atoms with Crippen LogP contribution in [0.1, 0.15) is 11.1 Å². The molecule has 9 heteroatoms. The predicted molar refractivity (Wildman–Crippen MR) is 91.2 cm³/mol. The van der Waals surface area contributed by atoms with Crippen LogP contribution in [0.2, 0.25) is 0 Å². The molecule has 0 aromatic heterocycles. The fourth-order valence-electron chi connectivity index (χ4n) is 2.19. The Bertz CT molecular complexity index is 922. The number of benzene rings is 2. The summed E-state index contributed by atoms with van der Waals surface area (Å²) >= 11 is 0. The summed E-state index contributed by atoms with van der Waals surface area (Å²) in [7, 11) is -4.19. The molecule has 1 N–H and O–H groups in total. The number of non-ortho nitro benzene ring substituents is 1. The van der Waals surface area contributed by atoms with E-state index in [9.17, 15) is 23.3 Å². The summed E-state index contributed by atoms with van der Waals surface area (Å²) in [6.07, 6.45) is 0. The maximum Gasteiger partial charge on any atom is 0.324 e. The second-order valence-corrected chi connectivity index (χ2v) is 7.29. The molecular weight excluding hydrogens is 348 g/mol. The molecule has 0 spiro atoms. The molecule has 25 heavy (non-hydrogen) atoms. The molecule has 2 aromatic rings. The van der Waals surface area contributed by atoms with Crippen LogP contribution in [0.3, 0.4) is 0 Å². The van der Waals surface area contributed by atoms with Crippen LogP contribution in [0.5, 0.6) is 0 Å². The van der Waals surface area contributed by atoms with Crippen LogP contribution >= 0.6 is 0 Å². The van der Waals surface area contributed by atoms with Crippen LogP contribution in [-0.2, 0) is 14.8 Å². The molecule has 132 valence electrons. The Morgan fingerprint density at radius 3 is 2.20 bits per heavy atom. The Labute approximate surface area is 144 Å². The molecule has 0 amide bonds. The standard InChI is InChI=1S/C16H16N2O6S/c1-11-3-4-14(9-12(11)2)17(10-16(19)20)25(23,24)15-7-5-13(6-8-15)18(21)22/h3-9H,10H2,1-2H3,(H,19,20). The number of carboxylic acid groups (broad SMARTS) is 1. The molecule has 0 aliphatic rings. The molecule has 0 heterocycles. The average molecular weight is 364 g/mol. The van der Waals surface area contributed by atoms with Crippen molar-refractivity contribution in [2.24, 2.45) is 0 Å². The van der Waals surface area contributed by atoms with Crippen molar-refractivity contribution in [2.75, 3.05) is 10.8 Å². The number of rotatable bonds is 6. The van der Waals surface area contributed by atoms with E-state index in [4.69, 9.17) is 5.11 Å². The van der Waals surface area contributed by atoms with Crippen LogP contribution in [0, 0.1) is 24.0 Å². The first kappa shape index (κ1) is 18.4. The van der Waals surface area contributed by atoms with E-state index in [2.05, 4.69) is 0 Å². The minimum Gasteiger partial charge on any atom is -0.480 e. The second-order valence-electron chi connectivity index (χ2n) is 5.42. The minimum atomic E-state index is -4.19. The van der Waals surface area contributed by atoms with Gasteiger partial charge < -0.3 is 5.11 Å². The minimum absolute atomic E-state index is 0.212. The zero-order valence-corrected chi connectivity index (χ0v) is 14.4. The van der Waals surface area contributed by atoms with Crippen LogP contribution in [0.15, 0.2) is 47.4 Å². The van der Waals surface area contributed by atoms with Gasteiger partial charge in [0.15, 0.2) is 0 Å². The van der Waals surface area contributed by atoms with E-state index in [1.807, 2.05) is 6.92 Å². The number of sulfonamides is 1. The summed E-state index contributed by atoms with van der Waals surface area (Å²) < 4.78 is 26.4. The molecule has 0 saturated carbocycles. The van der Waals surface area contributed by atoms with E-state index < -0.39 is 27.5 Å². The Morgan fingerprint density at radius 2 is 1.72 bits per heavy atom. The average Bonchev–Trinajstić information content (AvgIpc) is 2.55. The normalized spacial score (nSPS) is 11.1. The van der Waals surface area contributed by atoms with Gasteiger partial charge in [-0.2, -0.15) is 0 Å². The van der Waals surface area contributed by atoms with Crippen molar-refractivity contribution >= 4 is 27.4 Å². The van der Waals surface area contributed by atoms with Gasteiger partial charge in [0.25, 0.3) is 15.7 Å². The van der Waals surface area contributed by atoms with E-state index in [1.165, 1.54) is 6.07 Å². The van der Waals surface area contributed by atoms with Crippen molar-refractivity contribution in [1.82, 2.24) is 0 Å². The van der Waals surface area contributed by atoms with E-state index in [0.29, 0.717) is 0 Å². The summed E-state index contributed by atoms with van der Waals surface area (Å²) in [5.41, 5.74) is 1.71. The van der Waals surface area contributed by atoms with Gasteiger partial charge in [0.05, 0.1) is 15.5 Å². The largest absolute Gasteiger partial charge is 0.480 e. The van der Waals surface area contributed by atoms with Gasteiger partial charge >= 0.3 is 5.97 Å². The molecule has 2 rings (SSSR count). The Hall–Kier alpha value is -2.94. The van der Waals surface area contributed by atoms with Crippen LogP contribution in [0.4, 0.5) is 11.4 Å². The lowest BCUT2D eigenvalue weighted by molar-refractivity contribution is -0.384. The summed E-state index contributed by atoms with van der Waals surface area (Å²) in [5.74, 6) is -1.32. The Morgan fingerprint density at radius 1 is 1.12 bits per heavy atom. The third-order valence-corrected chi connectivity index (χ3v) is 5.48. The number of nitro benzene ring substituents is 1. The summed E-state index contributed by atoms with van der Waals surface area (Å²) in [5, 5.41) is 19.8. The van der Waals surface area contributed by atoms with Crippen LogP contribution in [0.25, 0.3) is 0 Å². The van der Waals surface area contributed by atoms with Crippen molar-refractivity contribution in [3.05, 3.63) is 63.7 Å². The zero-order valence-electron chi connectivity index (χ0n) is 13.5. The zero-order chi connectivity index (χ0) is 18.8. The second kappa shape index (κ2) is 6.89. The van der Waals surface area contributed by atoms with Gasteiger partial charge in [0.2, 0.25) is 0 Å². The molecule has 0 aliphatic carbocycles. The van der Waals surface area contributed by atoms with Crippen molar-refractivity contribution < 1.29 is 23.2 Å². The number of anilines is 1. The van der Waals surface area contributed by atoms with Crippen molar-refractivity contribution in [3.63, 3.8) is 0 Å². The molecule has 0 saturated heterocycles. The van der Waals surface area contributed by atoms with Crippen molar-refractivity contribution in [1.29, 1.82) is 0 Å². The number of nitro groups is 1. The monoisotopic (exact) mass is 364 g/mol. The number of hydrogen-bond acceptors (Lipinski definition) is 5. The van der Waals surface area contributed by atoms with Gasteiger partial charge in [-0.25, -0.2) is 8.42 Å². The van der Waals surface area contributed by atoms with Crippen LogP contribution in [-0.4, -0.2) is 31.0 Å². The van der Waals surface area contributed by atoms with Gasteiger partial charge in [-0.1, -0.05) is 6.07 Å². The lowest BCUT2D eigenvalue weighted by Gasteiger charge is -2.23. The Kier molecular flexibility index (Phi) is 5.07. The maximum atomic E-state index is 12.8. The van der Waals surface area contributed by atoms with Crippen molar-refractivity contribution in [3.8, 4) is 0 Å². The molecule has 2 aromatic carbocycles. The maximum absolute atomic E-state index is 12.8. The third-order valence-electron chi connectivity index (χ3n) is 3.69. The van der Waals surface area contributed by atoms with Gasteiger partial charge in [0.1, 0.15) is 6.54 Å². The quantitative estimate of drug-likeness (QED) is 0.621. The smallest absolute Gasteiger partial charge is 0.324 e. The fourth-order valence-corrected chi connectivity index (χ4v) is 3.59. The molecule has 0 unspecified atom stereocenters. The van der Waals surface area contributed by atoms with Crippen molar-refractivity contribution in [2.45, 2.75) is 18.7 Å². The van der Waals surface area contributed by atoms with E-state index >= 15 is 0 Å². The number of hydrogen-bond donors (Lipinski definition) is 1. The number of aryl methyl sites for hydroxylation is 2. The fraction of sp³-hybridized carbons (Fsp3) is 0.188. The van der Waals surface area contributed by atoms with Gasteiger partial charge in [-0.05, 0) is 49.2 Å². The highest BCUT2D eigenvalue weighted by atomic mass is 32.2. The predicted octanol–water partition coefficient (Wildman–Crippen LogP) is 2.49. The Balaban J connectivity index is 2.53. The van der Waals surface area contributed by atoms with Gasteiger partial charge in [0, 0.05) is 12.1 Å². The van der Waals surface area contributed by atoms with Gasteiger partial charge in [-0.15, -0.1) is 0 Å². The van der Waals surface area contributed by atoms with Gasteiger partial charge in [-0.3, -0.25) is 19.2 Å². The first-order valence-corrected chi connectivity index (χ1v) is 8.63. The van der Waals surface area contributed by atoms with E-state index in [-0.39, 0.29) is 16.3 Å². The topological polar surface area (TPSA) is 118 Å². The molecule has 0 bridgehead atoms. The lowest BCUT2D eigenvalue weighted by atomic mass is 10.1. The summed E-state index contributed by atoms with van der Waals surface area (Å²) in [6, 6.07) is 9.10. The number of aliphatic carboxylic acids is 1. The van der Waals surface area contributed by atoms with E-state index in [1.54, 1.807) is 19.1 Å². The number of carboxylic acids is 1. The highest BCUT2D eigenvalue weighted by molar-refractivity contribution is 7.92. The van der Waals surface area contributed by atoms with E-state index in [0.717, 1.165) is 39.7 Å². The molecule has 0 fully saturated rings. The highest BCUT2D eigenvalue weighted by Crippen LogP contribution is 2.26. The molecule has 0 atom stereocenters. The first-order valence-electron chi connectivity index (χ1n) is 7.19. The summed E-state index contributed by atoms with van der Waals surface area (Å²) in [6.45, 7) is 2.88. The lowest BCUT2D eigenvalue weighted by Crippen LogP contribution is -2.35. The third kappa shape index (κ3) is 3.94. The SMILES string of the molecule is Cc1ccc(N(CC(=O)O)S(=O)(=O)c2ccc([N+](=O)[O-])cc2)cc1C.